The van der Waals surface area contributed by atoms with E-state index < -0.39 is 0 Å². The first-order valence-corrected chi connectivity index (χ1v) is 6.23. The lowest BCUT2D eigenvalue weighted by Gasteiger charge is -2.11. The van der Waals surface area contributed by atoms with Gasteiger partial charge in [0.15, 0.2) is 5.69 Å². The summed E-state index contributed by atoms with van der Waals surface area (Å²) in [7, 11) is 0. The Morgan fingerprint density at radius 3 is 2.76 bits per heavy atom. The molecule has 0 aliphatic rings. The molecule has 0 aliphatic heterocycles. The zero-order chi connectivity index (χ0) is 12.8. The summed E-state index contributed by atoms with van der Waals surface area (Å²) < 4.78 is 0. The molecule has 0 radical (unpaired) electrons. The highest BCUT2D eigenvalue weighted by Gasteiger charge is 2.17. The van der Waals surface area contributed by atoms with Gasteiger partial charge < -0.3 is 11.1 Å². The van der Waals surface area contributed by atoms with Gasteiger partial charge in [0, 0.05) is 6.04 Å². The van der Waals surface area contributed by atoms with E-state index in [1.54, 1.807) is 0 Å². The Bertz CT molecular complexity index is 373. The van der Waals surface area contributed by atoms with Crippen LogP contribution >= 0.6 is 0 Å². The molecule has 0 bridgehead atoms. The number of H-pyrrole nitrogens is 1. The summed E-state index contributed by atoms with van der Waals surface area (Å²) in [5, 5.41) is 9.70. The van der Waals surface area contributed by atoms with Gasteiger partial charge in [0.05, 0.1) is 11.4 Å². The summed E-state index contributed by atoms with van der Waals surface area (Å²) >= 11 is 0. The van der Waals surface area contributed by atoms with E-state index in [0.717, 1.165) is 31.4 Å². The number of carbonyl (C=O) groups excluding carboxylic acids is 1. The highest BCUT2D eigenvalue weighted by Crippen LogP contribution is 2.15. The van der Waals surface area contributed by atoms with Gasteiger partial charge in [-0.1, -0.05) is 26.7 Å². The fraction of sp³-hybridized carbons (Fsp3) is 0.667. The van der Waals surface area contributed by atoms with Gasteiger partial charge in [0.1, 0.15) is 0 Å². The second kappa shape index (κ2) is 6.27. The van der Waals surface area contributed by atoms with E-state index in [1.165, 1.54) is 0 Å². The van der Waals surface area contributed by atoms with Crippen molar-refractivity contribution < 1.29 is 4.79 Å². The molecule has 96 valence electrons. The molecule has 0 fully saturated rings. The van der Waals surface area contributed by atoms with Crippen LogP contribution in [0, 0.1) is 0 Å². The number of anilines is 1. The number of aromatic amines is 1. The number of hydrogen-bond acceptors (Lipinski definition) is 3. The average molecular weight is 238 g/mol. The number of amides is 1. The summed E-state index contributed by atoms with van der Waals surface area (Å²) in [5.74, 6) is -0.193. The quantitative estimate of drug-likeness (QED) is 0.707. The molecule has 1 amide bonds. The Kier molecular flexibility index (Phi) is 5.00. The van der Waals surface area contributed by atoms with Crippen molar-refractivity contribution in [3.63, 3.8) is 0 Å². The Hall–Kier alpha value is -1.52. The Morgan fingerprint density at radius 1 is 1.47 bits per heavy atom. The SMILES string of the molecule is CCCc1[nH]nc(C(=O)NC(C)CCC)c1N. The van der Waals surface area contributed by atoms with E-state index in [1.807, 2.05) is 6.92 Å². The number of nitrogens with one attached hydrogen (secondary N) is 2. The van der Waals surface area contributed by atoms with E-state index in [9.17, 15) is 4.79 Å². The molecule has 4 N–H and O–H groups in total. The van der Waals surface area contributed by atoms with Gasteiger partial charge in [-0.3, -0.25) is 9.89 Å². The molecule has 1 atom stereocenters. The second-order valence-electron chi connectivity index (χ2n) is 4.38. The first-order chi connectivity index (χ1) is 8.10. The summed E-state index contributed by atoms with van der Waals surface area (Å²) in [6.07, 6.45) is 3.78. The van der Waals surface area contributed by atoms with Crippen molar-refractivity contribution in [1.29, 1.82) is 0 Å². The van der Waals surface area contributed by atoms with Gasteiger partial charge in [-0.15, -0.1) is 0 Å². The van der Waals surface area contributed by atoms with Crippen molar-refractivity contribution in [2.24, 2.45) is 0 Å². The van der Waals surface area contributed by atoms with Crippen LogP contribution < -0.4 is 11.1 Å². The normalized spacial score (nSPS) is 12.4. The van der Waals surface area contributed by atoms with Crippen LogP contribution in [0.25, 0.3) is 0 Å². The number of nitrogens with two attached hydrogens (primary N) is 1. The first kappa shape index (κ1) is 13.5. The number of aromatic nitrogens is 2. The average Bonchev–Trinajstić information content (AvgIpc) is 2.61. The minimum atomic E-state index is -0.193. The third-order valence-electron chi connectivity index (χ3n) is 2.70. The molecular weight excluding hydrogens is 216 g/mol. The second-order valence-corrected chi connectivity index (χ2v) is 4.38. The number of rotatable bonds is 6. The van der Waals surface area contributed by atoms with Crippen molar-refractivity contribution in [2.45, 2.75) is 52.5 Å². The number of nitrogens with zero attached hydrogens (tertiary/aromatic N) is 1. The molecule has 1 unspecified atom stereocenters. The smallest absolute Gasteiger partial charge is 0.274 e. The van der Waals surface area contributed by atoms with Gasteiger partial charge in [0.25, 0.3) is 5.91 Å². The van der Waals surface area contributed by atoms with Crippen LogP contribution in [-0.4, -0.2) is 22.1 Å². The molecule has 5 heteroatoms. The van der Waals surface area contributed by atoms with E-state index in [-0.39, 0.29) is 11.9 Å². The van der Waals surface area contributed by atoms with Crippen LogP contribution in [0.4, 0.5) is 5.69 Å². The van der Waals surface area contributed by atoms with Gasteiger partial charge in [-0.25, -0.2) is 0 Å². The van der Waals surface area contributed by atoms with E-state index >= 15 is 0 Å². The van der Waals surface area contributed by atoms with Crippen LogP contribution in [-0.2, 0) is 6.42 Å². The molecule has 0 saturated heterocycles. The molecule has 0 aromatic carbocycles. The molecule has 1 heterocycles. The van der Waals surface area contributed by atoms with Crippen molar-refractivity contribution >= 4 is 11.6 Å². The lowest BCUT2D eigenvalue weighted by atomic mass is 10.1. The predicted molar refractivity (Wildman–Crippen MR) is 68.8 cm³/mol. The Morgan fingerprint density at radius 2 is 2.18 bits per heavy atom. The minimum absolute atomic E-state index is 0.151. The van der Waals surface area contributed by atoms with Crippen molar-refractivity contribution in [1.82, 2.24) is 15.5 Å². The fourth-order valence-corrected chi connectivity index (χ4v) is 1.80. The third-order valence-corrected chi connectivity index (χ3v) is 2.70. The number of aryl methyl sites for hydroxylation is 1. The minimum Gasteiger partial charge on any atom is -0.395 e. The maximum Gasteiger partial charge on any atom is 0.274 e. The Labute approximate surface area is 102 Å². The molecule has 1 aromatic rings. The first-order valence-electron chi connectivity index (χ1n) is 6.23. The molecule has 0 aliphatic carbocycles. The number of hydrogen-bond donors (Lipinski definition) is 3. The highest BCUT2D eigenvalue weighted by molar-refractivity contribution is 5.97. The topological polar surface area (TPSA) is 83.8 Å². The van der Waals surface area contributed by atoms with Gasteiger partial charge >= 0.3 is 0 Å². The molecule has 17 heavy (non-hydrogen) atoms. The van der Waals surface area contributed by atoms with E-state index in [4.69, 9.17) is 5.73 Å². The molecule has 0 spiro atoms. The zero-order valence-corrected chi connectivity index (χ0v) is 10.8. The molecule has 1 rings (SSSR count). The number of carbonyl (C=O) groups is 1. The van der Waals surface area contributed by atoms with Crippen LogP contribution in [0.15, 0.2) is 0 Å². The lowest BCUT2D eigenvalue weighted by Crippen LogP contribution is -2.33. The predicted octanol–water partition coefficient (Wildman–Crippen LogP) is 1.86. The standard InChI is InChI=1S/C12H22N4O/c1-4-6-8(3)14-12(17)11-10(13)9(7-5-2)15-16-11/h8H,4-7,13H2,1-3H3,(H,14,17)(H,15,16). The van der Waals surface area contributed by atoms with Gasteiger partial charge in [-0.2, -0.15) is 5.10 Å². The summed E-state index contributed by atoms with van der Waals surface area (Å²) in [5.41, 5.74) is 7.53. The molecule has 5 nitrogen and oxygen atoms in total. The maximum absolute atomic E-state index is 11.9. The van der Waals surface area contributed by atoms with Crippen LogP contribution in [0.3, 0.4) is 0 Å². The fourth-order valence-electron chi connectivity index (χ4n) is 1.80. The van der Waals surface area contributed by atoms with Gasteiger partial charge in [0.2, 0.25) is 0 Å². The van der Waals surface area contributed by atoms with Crippen molar-refractivity contribution in [2.75, 3.05) is 5.73 Å². The lowest BCUT2D eigenvalue weighted by molar-refractivity contribution is 0.0934. The third kappa shape index (κ3) is 3.47. The highest BCUT2D eigenvalue weighted by atomic mass is 16.2. The number of nitrogen functional groups attached to an aromatic ring is 1. The monoisotopic (exact) mass is 238 g/mol. The molecular formula is C12H22N4O. The summed E-state index contributed by atoms with van der Waals surface area (Å²) in [6, 6.07) is 0.151. The van der Waals surface area contributed by atoms with E-state index in [2.05, 4.69) is 29.4 Å². The Balaban J connectivity index is 2.69. The van der Waals surface area contributed by atoms with Crippen LogP contribution in [0.1, 0.15) is 56.2 Å². The summed E-state index contributed by atoms with van der Waals surface area (Å²) in [4.78, 5) is 11.9. The summed E-state index contributed by atoms with van der Waals surface area (Å²) in [6.45, 7) is 6.13. The van der Waals surface area contributed by atoms with Crippen molar-refractivity contribution in [3.05, 3.63) is 11.4 Å². The van der Waals surface area contributed by atoms with Crippen molar-refractivity contribution in [3.8, 4) is 0 Å². The largest absolute Gasteiger partial charge is 0.395 e. The molecule has 0 saturated carbocycles. The van der Waals surface area contributed by atoms with E-state index in [0.29, 0.717) is 11.4 Å². The maximum atomic E-state index is 11.9. The van der Waals surface area contributed by atoms with Crippen LogP contribution in [0.2, 0.25) is 0 Å². The van der Waals surface area contributed by atoms with Gasteiger partial charge in [-0.05, 0) is 19.8 Å². The molecule has 1 aromatic heterocycles. The van der Waals surface area contributed by atoms with Crippen LogP contribution in [0.5, 0.6) is 0 Å². The zero-order valence-electron chi connectivity index (χ0n) is 10.8.